The van der Waals surface area contributed by atoms with E-state index in [1.54, 1.807) is 18.4 Å². The molecule has 1 atom stereocenters. The summed E-state index contributed by atoms with van der Waals surface area (Å²) < 4.78 is 1.63. The molecule has 0 radical (unpaired) electrons. The Hall–Kier alpha value is -2.65. The number of hydrogen-bond acceptors (Lipinski definition) is 6. The summed E-state index contributed by atoms with van der Waals surface area (Å²) in [5.41, 5.74) is 2.98. The molecule has 1 aromatic carbocycles. The van der Waals surface area contributed by atoms with E-state index in [-0.39, 0.29) is 5.56 Å². The first-order chi connectivity index (χ1) is 15.2. The van der Waals surface area contributed by atoms with Crippen LogP contribution in [0.5, 0.6) is 0 Å². The summed E-state index contributed by atoms with van der Waals surface area (Å²) in [7, 11) is 0. The van der Waals surface area contributed by atoms with Gasteiger partial charge in [-0.25, -0.2) is 9.78 Å². The predicted molar refractivity (Wildman–Crippen MR) is 131 cm³/mol. The van der Waals surface area contributed by atoms with Crippen molar-refractivity contribution >= 4 is 45.3 Å². The molecular weight excluding hydrogens is 444 g/mol. The number of benzene rings is 1. The molecule has 2 aromatic heterocycles. The molecule has 3 aromatic rings. The lowest BCUT2D eigenvalue weighted by Gasteiger charge is -2.16. The molecule has 7 nitrogen and oxygen atoms in total. The van der Waals surface area contributed by atoms with Crippen LogP contribution in [0.3, 0.4) is 0 Å². The second-order valence-corrected chi connectivity index (χ2v) is 9.96. The first-order valence-corrected chi connectivity index (χ1v) is 12.3. The highest BCUT2D eigenvalue weighted by Gasteiger charge is 2.23. The Balaban J connectivity index is 2.02. The Morgan fingerprint density at radius 1 is 1.19 bits per heavy atom. The quantitative estimate of drug-likeness (QED) is 0.400. The van der Waals surface area contributed by atoms with Crippen LogP contribution in [0, 0.1) is 13.8 Å². The van der Waals surface area contributed by atoms with Crippen LogP contribution in [0.2, 0.25) is 0 Å². The van der Waals surface area contributed by atoms with Gasteiger partial charge in [-0.2, -0.15) is 0 Å². The fourth-order valence-corrected chi connectivity index (χ4v) is 5.38. The smallest absolute Gasteiger partial charge is 0.321 e. The molecule has 3 amide bonds. The van der Waals surface area contributed by atoms with Crippen molar-refractivity contribution in [2.45, 2.75) is 58.0 Å². The van der Waals surface area contributed by atoms with Crippen molar-refractivity contribution < 1.29 is 9.59 Å². The Morgan fingerprint density at radius 3 is 2.50 bits per heavy atom. The maximum atomic E-state index is 13.5. The zero-order chi connectivity index (χ0) is 23.4. The van der Waals surface area contributed by atoms with Crippen LogP contribution in [0.25, 0.3) is 10.2 Å². The fourth-order valence-electron chi connectivity index (χ4n) is 3.32. The molecule has 0 unspecified atom stereocenters. The van der Waals surface area contributed by atoms with Crippen LogP contribution in [-0.2, 0) is 17.8 Å². The Labute approximate surface area is 195 Å². The molecule has 0 fully saturated rings. The van der Waals surface area contributed by atoms with Crippen molar-refractivity contribution in [1.82, 2.24) is 20.2 Å². The van der Waals surface area contributed by atoms with Gasteiger partial charge in [-0.15, -0.1) is 11.3 Å². The number of amides is 3. The van der Waals surface area contributed by atoms with E-state index in [0.717, 1.165) is 28.0 Å². The molecule has 9 heteroatoms. The topological polar surface area (TPSA) is 93.1 Å². The lowest BCUT2D eigenvalue weighted by Crippen LogP contribution is -2.42. The number of aryl methyl sites for hydroxylation is 3. The average molecular weight is 473 g/mol. The van der Waals surface area contributed by atoms with E-state index in [0.29, 0.717) is 28.5 Å². The molecule has 170 valence electrons. The van der Waals surface area contributed by atoms with Gasteiger partial charge in [0.1, 0.15) is 4.83 Å². The zero-order valence-electron chi connectivity index (χ0n) is 18.9. The molecule has 32 heavy (non-hydrogen) atoms. The summed E-state index contributed by atoms with van der Waals surface area (Å²) in [6, 6.07) is 7.46. The molecule has 2 heterocycles. The fraction of sp³-hybridized carbons (Fsp3) is 0.391. The minimum atomic E-state index is -0.613. The lowest BCUT2D eigenvalue weighted by molar-refractivity contribution is -0.119. The average Bonchev–Trinajstić information content (AvgIpc) is 3.07. The third-order valence-electron chi connectivity index (χ3n) is 5.12. The first-order valence-electron chi connectivity index (χ1n) is 10.6. The molecule has 0 saturated carbocycles. The number of thiophene rings is 1. The molecule has 3 rings (SSSR count). The van der Waals surface area contributed by atoms with Crippen molar-refractivity contribution in [3.8, 4) is 0 Å². The van der Waals surface area contributed by atoms with Gasteiger partial charge in [-0.3, -0.25) is 19.5 Å². The number of imide groups is 1. The number of thioether (sulfide) groups is 1. The van der Waals surface area contributed by atoms with Crippen molar-refractivity contribution in [2.75, 3.05) is 6.54 Å². The number of urea groups is 1. The Kier molecular flexibility index (Phi) is 7.73. The summed E-state index contributed by atoms with van der Waals surface area (Å²) in [4.78, 5) is 44.4. The van der Waals surface area contributed by atoms with E-state index in [2.05, 4.69) is 17.6 Å². The predicted octanol–water partition coefficient (Wildman–Crippen LogP) is 4.01. The van der Waals surface area contributed by atoms with Gasteiger partial charge in [0.05, 0.1) is 17.2 Å². The number of aromatic nitrogens is 2. The highest BCUT2D eigenvalue weighted by molar-refractivity contribution is 8.00. The number of carbonyl (C=O) groups is 2. The monoisotopic (exact) mass is 472 g/mol. The van der Waals surface area contributed by atoms with Crippen LogP contribution < -0.4 is 16.2 Å². The van der Waals surface area contributed by atoms with Crippen molar-refractivity contribution in [1.29, 1.82) is 0 Å². The van der Waals surface area contributed by atoms with Crippen molar-refractivity contribution in [3.05, 3.63) is 56.2 Å². The molecule has 0 saturated heterocycles. The minimum Gasteiger partial charge on any atom is -0.338 e. The summed E-state index contributed by atoms with van der Waals surface area (Å²) >= 11 is 2.70. The molecule has 0 aliphatic rings. The number of carbonyl (C=O) groups excluding carboxylic acids is 2. The highest BCUT2D eigenvalue weighted by Crippen LogP contribution is 2.31. The van der Waals surface area contributed by atoms with E-state index >= 15 is 0 Å². The first kappa shape index (κ1) is 24.0. The highest BCUT2D eigenvalue weighted by atomic mass is 32.2. The van der Waals surface area contributed by atoms with Crippen molar-refractivity contribution in [3.63, 3.8) is 0 Å². The van der Waals surface area contributed by atoms with Crippen LogP contribution >= 0.6 is 23.1 Å². The number of fused-ring (bicyclic) bond motifs is 1. The van der Waals surface area contributed by atoms with Gasteiger partial charge < -0.3 is 5.32 Å². The van der Waals surface area contributed by atoms with Gasteiger partial charge in [0.25, 0.3) is 5.56 Å². The second-order valence-electron chi connectivity index (χ2n) is 7.56. The third kappa shape index (κ3) is 5.21. The summed E-state index contributed by atoms with van der Waals surface area (Å²) in [5, 5.41) is 5.36. The molecule has 0 bridgehead atoms. The largest absolute Gasteiger partial charge is 0.338 e. The van der Waals surface area contributed by atoms with Gasteiger partial charge >= 0.3 is 6.03 Å². The standard InChI is InChI=1S/C23H28N4O3S2/c1-6-17-14(4)18-20(32-17)26-23(31-15(5)19(28)25-22(30)24-7-2)27(21(18)29)12-16-10-8-13(3)9-11-16/h8-11,15H,6-7,12H2,1-5H3,(H2,24,25,28,30)/t15-/m1/s1. The van der Waals surface area contributed by atoms with Crippen molar-refractivity contribution in [2.24, 2.45) is 0 Å². The van der Waals surface area contributed by atoms with E-state index in [9.17, 15) is 14.4 Å². The van der Waals surface area contributed by atoms with Gasteiger partial charge in [0, 0.05) is 11.4 Å². The zero-order valence-corrected chi connectivity index (χ0v) is 20.6. The van der Waals surface area contributed by atoms with Gasteiger partial charge in [0.15, 0.2) is 5.16 Å². The third-order valence-corrected chi connectivity index (χ3v) is 7.54. The molecule has 0 aliphatic heterocycles. The van der Waals surface area contributed by atoms with Gasteiger partial charge in [-0.05, 0) is 45.2 Å². The maximum Gasteiger partial charge on any atom is 0.321 e. The Morgan fingerprint density at radius 2 is 1.88 bits per heavy atom. The van der Waals surface area contributed by atoms with Gasteiger partial charge in [0.2, 0.25) is 5.91 Å². The normalized spacial score (nSPS) is 12.0. The maximum absolute atomic E-state index is 13.5. The van der Waals surface area contributed by atoms with Crippen LogP contribution in [0.15, 0.2) is 34.2 Å². The number of nitrogens with one attached hydrogen (secondary N) is 2. The van der Waals surface area contributed by atoms with Crippen LogP contribution in [0.1, 0.15) is 42.3 Å². The van der Waals surface area contributed by atoms with Crippen LogP contribution in [0.4, 0.5) is 4.79 Å². The molecule has 2 N–H and O–H groups in total. The number of hydrogen-bond donors (Lipinski definition) is 2. The van der Waals surface area contributed by atoms with Crippen LogP contribution in [-0.4, -0.2) is 33.3 Å². The van der Waals surface area contributed by atoms with E-state index in [1.807, 2.05) is 38.1 Å². The van der Waals surface area contributed by atoms with E-state index in [1.165, 1.54) is 23.1 Å². The lowest BCUT2D eigenvalue weighted by atomic mass is 10.1. The summed E-state index contributed by atoms with van der Waals surface area (Å²) in [6.45, 7) is 10.3. The van der Waals surface area contributed by atoms with E-state index < -0.39 is 17.2 Å². The Bertz CT molecular complexity index is 1200. The number of rotatable bonds is 7. The SMILES string of the molecule is CCNC(=O)NC(=O)[C@@H](C)Sc1nc2sc(CC)c(C)c2c(=O)n1Cc1ccc(C)cc1. The van der Waals surface area contributed by atoms with Gasteiger partial charge in [-0.1, -0.05) is 48.5 Å². The number of nitrogens with zero attached hydrogens (tertiary/aromatic N) is 2. The second kappa shape index (κ2) is 10.3. The molecular formula is C23H28N4O3S2. The van der Waals surface area contributed by atoms with E-state index in [4.69, 9.17) is 4.98 Å². The summed E-state index contributed by atoms with van der Waals surface area (Å²) in [6.07, 6.45) is 0.831. The molecule has 0 spiro atoms. The minimum absolute atomic E-state index is 0.108. The summed E-state index contributed by atoms with van der Waals surface area (Å²) in [5.74, 6) is -0.436. The molecule has 0 aliphatic carbocycles.